The fourth-order valence-electron chi connectivity index (χ4n) is 2.59. The van der Waals surface area contributed by atoms with Crippen LogP contribution in [0.3, 0.4) is 0 Å². The minimum Gasteiger partial charge on any atom is -0.398 e. The van der Waals surface area contributed by atoms with Crippen molar-refractivity contribution in [3.63, 3.8) is 0 Å². The Morgan fingerprint density at radius 3 is 2.75 bits per heavy atom. The van der Waals surface area contributed by atoms with Gasteiger partial charge < -0.3 is 11.1 Å². The minimum atomic E-state index is -3.75. The quantitative estimate of drug-likeness (QED) is 0.722. The van der Waals surface area contributed by atoms with Crippen LogP contribution in [-0.4, -0.2) is 25.5 Å². The van der Waals surface area contributed by atoms with E-state index < -0.39 is 10.0 Å². The molecule has 1 fully saturated rings. The molecule has 112 valence electrons. The molecule has 0 aliphatic heterocycles. The average molecular weight is 315 g/mol. The highest BCUT2D eigenvalue weighted by Crippen LogP contribution is 2.32. The van der Waals surface area contributed by atoms with Crippen molar-refractivity contribution < 1.29 is 8.42 Å². The normalized spacial score (nSPS) is 22.9. The molecule has 1 aromatic rings. The van der Waals surface area contributed by atoms with Crippen molar-refractivity contribution in [1.82, 2.24) is 0 Å². The zero-order chi connectivity index (χ0) is 14.8. The SMILES string of the molecule is CCSC1CCC(Nc2ccc(S(N)(=O)=O)c(N)c2)C1. The first-order chi connectivity index (χ1) is 9.40. The van der Waals surface area contributed by atoms with Gasteiger partial charge in [-0.1, -0.05) is 6.92 Å². The number of sulfonamides is 1. The van der Waals surface area contributed by atoms with Crippen LogP contribution in [0.4, 0.5) is 11.4 Å². The lowest BCUT2D eigenvalue weighted by molar-refractivity contribution is 0.598. The summed E-state index contributed by atoms with van der Waals surface area (Å²) in [5.74, 6) is 1.15. The fraction of sp³-hybridized carbons (Fsp3) is 0.538. The van der Waals surface area contributed by atoms with Crippen LogP contribution < -0.4 is 16.2 Å². The molecule has 5 N–H and O–H groups in total. The summed E-state index contributed by atoms with van der Waals surface area (Å²) in [4.78, 5) is -0.0195. The minimum absolute atomic E-state index is 0.0195. The highest BCUT2D eigenvalue weighted by Gasteiger charge is 2.24. The van der Waals surface area contributed by atoms with E-state index in [0.717, 1.165) is 29.5 Å². The van der Waals surface area contributed by atoms with Gasteiger partial charge in [0.15, 0.2) is 0 Å². The smallest absolute Gasteiger partial charge is 0.240 e. The number of thioether (sulfide) groups is 1. The molecule has 0 aromatic heterocycles. The highest BCUT2D eigenvalue weighted by molar-refractivity contribution is 7.99. The van der Waals surface area contributed by atoms with Crippen molar-refractivity contribution in [2.24, 2.45) is 5.14 Å². The molecule has 1 saturated carbocycles. The second kappa shape index (κ2) is 6.24. The Kier molecular flexibility index (Phi) is 4.82. The number of nitrogens with two attached hydrogens (primary N) is 2. The van der Waals surface area contributed by atoms with Crippen LogP contribution in [0, 0.1) is 0 Å². The predicted molar refractivity (Wildman–Crippen MR) is 85.4 cm³/mol. The van der Waals surface area contributed by atoms with Gasteiger partial charge in [-0.15, -0.1) is 0 Å². The van der Waals surface area contributed by atoms with Crippen molar-refractivity contribution in [3.8, 4) is 0 Å². The molecular weight excluding hydrogens is 294 g/mol. The lowest BCUT2D eigenvalue weighted by Gasteiger charge is -2.15. The van der Waals surface area contributed by atoms with E-state index in [-0.39, 0.29) is 10.6 Å². The Bertz CT molecular complexity index is 575. The molecule has 0 heterocycles. The summed E-state index contributed by atoms with van der Waals surface area (Å²) >= 11 is 2.00. The molecule has 2 rings (SSSR count). The van der Waals surface area contributed by atoms with E-state index in [2.05, 4.69) is 12.2 Å². The van der Waals surface area contributed by atoms with Gasteiger partial charge in [-0.3, -0.25) is 0 Å². The van der Waals surface area contributed by atoms with Crippen LogP contribution >= 0.6 is 11.8 Å². The van der Waals surface area contributed by atoms with E-state index in [1.807, 2.05) is 11.8 Å². The third kappa shape index (κ3) is 3.80. The van der Waals surface area contributed by atoms with Gasteiger partial charge in [0.2, 0.25) is 10.0 Å². The summed E-state index contributed by atoms with van der Waals surface area (Å²) in [5, 5.41) is 9.23. The molecule has 0 radical (unpaired) electrons. The van der Waals surface area contributed by atoms with Gasteiger partial charge in [0.05, 0.1) is 5.69 Å². The Morgan fingerprint density at radius 1 is 1.40 bits per heavy atom. The Balaban J connectivity index is 2.03. The molecule has 2 unspecified atom stereocenters. The summed E-state index contributed by atoms with van der Waals surface area (Å²) in [5.41, 5.74) is 6.79. The van der Waals surface area contributed by atoms with Gasteiger partial charge in [-0.2, -0.15) is 11.8 Å². The molecule has 2 atom stereocenters. The van der Waals surface area contributed by atoms with Crippen LogP contribution in [0.2, 0.25) is 0 Å². The Hall–Kier alpha value is -0.920. The molecular formula is C13H21N3O2S2. The third-order valence-electron chi connectivity index (χ3n) is 3.47. The van der Waals surface area contributed by atoms with Crippen LogP contribution in [0.5, 0.6) is 0 Å². The summed E-state index contributed by atoms with van der Waals surface area (Å²) in [6, 6.07) is 5.25. The van der Waals surface area contributed by atoms with Gasteiger partial charge in [0.1, 0.15) is 4.90 Å². The highest BCUT2D eigenvalue weighted by atomic mass is 32.2. The summed E-state index contributed by atoms with van der Waals surface area (Å²) in [7, 11) is -3.75. The van der Waals surface area contributed by atoms with Gasteiger partial charge in [-0.05, 0) is 43.2 Å². The molecule has 7 heteroatoms. The molecule has 0 spiro atoms. The molecule has 1 aliphatic rings. The van der Waals surface area contributed by atoms with Crippen molar-refractivity contribution in [1.29, 1.82) is 0 Å². The zero-order valence-corrected chi connectivity index (χ0v) is 13.1. The van der Waals surface area contributed by atoms with Gasteiger partial charge in [0.25, 0.3) is 0 Å². The number of rotatable bonds is 5. The maximum absolute atomic E-state index is 11.3. The maximum atomic E-state index is 11.3. The second-order valence-corrected chi connectivity index (χ2v) is 8.14. The molecule has 1 aliphatic carbocycles. The summed E-state index contributed by atoms with van der Waals surface area (Å²) < 4.78 is 22.6. The van der Waals surface area contributed by atoms with Gasteiger partial charge in [-0.25, -0.2) is 13.6 Å². The van der Waals surface area contributed by atoms with Crippen molar-refractivity contribution in [2.75, 3.05) is 16.8 Å². The predicted octanol–water partition coefficient (Wildman–Crippen LogP) is 2.00. The van der Waals surface area contributed by atoms with E-state index >= 15 is 0 Å². The van der Waals surface area contributed by atoms with Gasteiger partial charge >= 0.3 is 0 Å². The van der Waals surface area contributed by atoms with Crippen LogP contribution in [0.15, 0.2) is 23.1 Å². The number of benzene rings is 1. The topological polar surface area (TPSA) is 98.2 Å². The lowest BCUT2D eigenvalue weighted by atomic mass is 10.2. The third-order valence-corrected chi connectivity index (χ3v) is 5.69. The van der Waals surface area contributed by atoms with Crippen molar-refractivity contribution in [2.45, 2.75) is 42.4 Å². The lowest BCUT2D eigenvalue weighted by Crippen LogP contribution is -2.17. The van der Waals surface area contributed by atoms with Crippen molar-refractivity contribution >= 4 is 33.2 Å². The first-order valence-electron chi connectivity index (χ1n) is 6.70. The maximum Gasteiger partial charge on any atom is 0.240 e. The summed E-state index contributed by atoms with van der Waals surface area (Å²) in [6.07, 6.45) is 3.49. The first kappa shape index (κ1) is 15.5. The number of primary sulfonamides is 1. The van der Waals surface area contributed by atoms with E-state index in [1.54, 1.807) is 12.1 Å². The Labute approximate surface area is 124 Å². The van der Waals surface area contributed by atoms with Gasteiger partial charge in [0, 0.05) is 17.0 Å². The van der Waals surface area contributed by atoms with Crippen LogP contribution in [0.25, 0.3) is 0 Å². The van der Waals surface area contributed by atoms with Crippen molar-refractivity contribution in [3.05, 3.63) is 18.2 Å². The standard InChI is InChI=1S/C13H21N3O2S2/c1-2-19-11-5-3-9(7-11)16-10-4-6-13(12(14)8-10)20(15,17)18/h4,6,8-9,11,16H,2-3,5,7,14H2,1H3,(H2,15,17,18). The van der Waals surface area contributed by atoms with Crippen LogP contribution in [0.1, 0.15) is 26.2 Å². The number of nitrogen functional groups attached to an aromatic ring is 1. The largest absolute Gasteiger partial charge is 0.398 e. The molecule has 1 aromatic carbocycles. The van der Waals surface area contributed by atoms with E-state index in [4.69, 9.17) is 10.9 Å². The monoisotopic (exact) mass is 315 g/mol. The molecule has 5 nitrogen and oxygen atoms in total. The number of nitrogens with one attached hydrogen (secondary N) is 1. The molecule has 0 bridgehead atoms. The van der Waals surface area contributed by atoms with E-state index in [0.29, 0.717) is 6.04 Å². The summed E-state index contributed by atoms with van der Waals surface area (Å²) in [6.45, 7) is 2.18. The van der Waals surface area contributed by atoms with Crippen LogP contribution in [-0.2, 0) is 10.0 Å². The van der Waals surface area contributed by atoms with E-state index in [9.17, 15) is 8.42 Å². The molecule has 0 saturated heterocycles. The Morgan fingerprint density at radius 2 is 2.15 bits per heavy atom. The number of anilines is 2. The number of hydrogen-bond donors (Lipinski definition) is 3. The first-order valence-corrected chi connectivity index (χ1v) is 9.30. The van der Waals surface area contributed by atoms with E-state index in [1.165, 1.54) is 12.5 Å². The fourth-order valence-corrected chi connectivity index (χ4v) is 4.38. The molecule has 0 amide bonds. The molecule has 20 heavy (non-hydrogen) atoms. The zero-order valence-electron chi connectivity index (χ0n) is 11.5. The average Bonchev–Trinajstić information content (AvgIpc) is 2.75. The second-order valence-electron chi connectivity index (χ2n) is 5.03. The number of hydrogen-bond acceptors (Lipinski definition) is 5.